The van der Waals surface area contributed by atoms with Crippen molar-refractivity contribution >= 4 is 43.6 Å². The molecule has 0 aliphatic carbocycles. The van der Waals surface area contributed by atoms with Gasteiger partial charge in [-0.05, 0) is 0 Å². The van der Waals surface area contributed by atoms with Gasteiger partial charge in [0.25, 0.3) is 0 Å². The van der Waals surface area contributed by atoms with Gasteiger partial charge in [-0.15, -0.1) is 0 Å². The van der Waals surface area contributed by atoms with Gasteiger partial charge in [-0.1, -0.05) is 0 Å². The molecule has 0 N–H and O–H groups in total. The Morgan fingerprint density at radius 2 is 1.71 bits per heavy atom. The summed E-state index contributed by atoms with van der Waals surface area (Å²) in [6, 6.07) is 8.20. The van der Waals surface area contributed by atoms with Gasteiger partial charge in [0.05, 0.1) is 0 Å². The van der Waals surface area contributed by atoms with E-state index < -0.39 is 15.9 Å². The molecular weight excluding hydrogens is 367 g/mol. The molecule has 1 aromatic carbocycles. The summed E-state index contributed by atoms with van der Waals surface area (Å²) in [6.45, 7) is 6.52. The zero-order valence-electron chi connectivity index (χ0n) is 10.2. The quantitative estimate of drug-likeness (QED) is 0.585. The Morgan fingerprint density at radius 3 is 2.35 bits per heavy atom. The number of rotatable bonds is 0. The van der Waals surface area contributed by atoms with E-state index in [1.165, 1.54) is 3.62 Å². The minimum atomic E-state index is -3.18. The second kappa shape index (κ2) is 4.63. The molecule has 0 bridgehead atoms. The van der Waals surface area contributed by atoms with Gasteiger partial charge in [-0.2, -0.15) is 0 Å². The third-order valence-electron chi connectivity index (χ3n) is 2.73. The van der Waals surface area contributed by atoms with Crippen LogP contribution in [0.2, 0.25) is 0 Å². The first-order valence-corrected chi connectivity index (χ1v) is 13.8. The van der Waals surface area contributed by atoms with Crippen molar-refractivity contribution in [3.63, 3.8) is 0 Å². The van der Waals surface area contributed by atoms with Gasteiger partial charge >= 0.3 is 115 Å². The summed E-state index contributed by atoms with van der Waals surface area (Å²) in [4.78, 5) is 0. The summed E-state index contributed by atoms with van der Waals surface area (Å²) < 4.78 is 2.36. The number of allylic oxidation sites excluding steroid dienone is 3. The van der Waals surface area contributed by atoms with Crippen LogP contribution >= 0.6 is 17.9 Å². The summed E-state index contributed by atoms with van der Waals surface area (Å²) in [5, 5.41) is 0. The molecule has 0 spiro atoms. The Labute approximate surface area is 115 Å². The Bertz CT molecular complexity index is 493. The molecule has 1 aromatic rings. The zero-order chi connectivity index (χ0) is 12.7. The molecule has 0 nitrogen and oxygen atoms in total. The molecule has 0 saturated heterocycles. The van der Waals surface area contributed by atoms with Crippen LogP contribution in [0.15, 0.2) is 40.0 Å². The predicted molar refractivity (Wildman–Crippen MR) is 80.1 cm³/mol. The van der Waals surface area contributed by atoms with E-state index in [-0.39, 0.29) is 5.41 Å². The monoisotopic (exact) mass is 384 g/mol. The second-order valence-electron chi connectivity index (χ2n) is 5.15. The first kappa shape index (κ1) is 13.5. The minimum absolute atomic E-state index is 0.0202. The van der Waals surface area contributed by atoms with Gasteiger partial charge < -0.3 is 0 Å². The van der Waals surface area contributed by atoms with Crippen molar-refractivity contribution < 1.29 is 0 Å². The Morgan fingerprint density at radius 1 is 1.06 bits per heavy atom. The fourth-order valence-corrected chi connectivity index (χ4v) is 13.1. The van der Waals surface area contributed by atoms with Gasteiger partial charge in [-0.25, -0.2) is 0 Å². The number of halogens is 2. The van der Waals surface area contributed by atoms with Crippen molar-refractivity contribution in [3.8, 4) is 0 Å². The van der Waals surface area contributed by atoms with E-state index in [1.54, 1.807) is 0 Å². The normalized spacial score (nSPS) is 20.2. The van der Waals surface area contributed by atoms with Gasteiger partial charge in [-0.3, -0.25) is 0 Å². The second-order valence-corrected chi connectivity index (χ2v) is 17.6. The van der Waals surface area contributed by atoms with Crippen LogP contribution in [0.4, 0.5) is 0 Å². The van der Waals surface area contributed by atoms with Crippen molar-refractivity contribution in [3.05, 3.63) is 45.6 Å². The molecule has 0 fully saturated rings. The van der Waals surface area contributed by atoms with Crippen LogP contribution in [-0.4, -0.2) is 15.9 Å². The standard InChI is InChI=1S/C14H16Cl2Te/c1-14(2,3)13-10-6-8-11-7-4-5-9-12(11)17(13,15)16/h4-10H,1-3H3. The van der Waals surface area contributed by atoms with Gasteiger partial charge in [0.15, 0.2) is 0 Å². The van der Waals surface area contributed by atoms with Gasteiger partial charge in [0.1, 0.15) is 0 Å². The van der Waals surface area contributed by atoms with E-state index in [2.05, 4.69) is 51.1 Å². The van der Waals surface area contributed by atoms with Crippen LogP contribution in [0.25, 0.3) is 6.08 Å². The Kier molecular flexibility index (Phi) is 3.68. The van der Waals surface area contributed by atoms with E-state index in [1.807, 2.05) is 12.1 Å². The van der Waals surface area contributed by atoms with Gasteiger partial charge in [0.2, 0.25) is 0 Å². The first-order chi connectivity index (χ1) is 7.83. The first-order valence-electron chi connectivity index (χ1n) is 5.54. The van der Waals surface area contributed by atoms with E-state index in [0.29, 0.717) is 0 Å². The molecule has 1 heterocycles. The van der Waals surface area contributed by atoms with E-state index >= 15 is 0 Å². The van der Waals surface area contributed by atoms with Crippen molar-refractivity contribution in [2.45, 2.75) is 20.8 Å². The van der Waals surface area contributed by atoms with Crippen LogP contribution in [-0.2, 0) is 0 Å². The molecule has 2 rings (SSSR count). The average Bonchev–Trinajstić information content (AvgIpc) is 2.35. The maximum absolute atomic E-state index is 6.80. The maximum atomic E-state index is 6.80. The van der Waals surface area contributed by atoms with Crippen molar-refractivity contribution in [1.29, 1.82) is 0 Å². The van der Waals surface area contributed by atoms with Crippen LogP contribution in [0.5, 0.6) is 0 Å². The molecule has 1 aliphatic rings. The van der Waals surface area contributed by atoms with Crippen molar-refractivity contribution in [1.82, 2.24) is 0 Å². The van der Waals surface area contributed by atoms with E-state index in [0.717, 1.165) is 9.17 Å². The third kappa shape index (κ3) is 2.59. The van der Waals surface area contributed by atoms with Crippen LogP contribution in [0, 0.1) is 5.41 Å². The Hall–Kier alpha value is 0.0696. The van der Waals surface area contributed by atoms with E-state index in [9.17, 15) is 0 Å². The van der Waals surface area contributed by atoms with Crippen LogP contribution in [0.1, 0.15) is 26.3 Å². The van der Waals surface area contributed by atoms with Gasteiger partial charge in [0, 0.05) is 0 Å². The summed E-state index contributed by atoms with van der Waals surface area (Å²) >= 11 is -3.18. The summed E-state index contributed by atoms with van der Waals surface area (Å²) in [6.07, 6.45) is 6.28. The zero-order valence-corrected chi connectivity index (χ0v) is 14.0. The molecule has 0 radical (unpaired) electrons. The third-order valence-corrected chi connectivity index (χ3v) is 13.5. The number of hydrogen-bond acceptors (Lipinski definition) is 0. The van der Waals surface area contributed by atoms with Crippen molar-refractivity contribution in [2.24, 2.45) is 5.41 Å². The molecule has 17 heavy (non-hydrogen) atoms. The molecule has 92 valence electrons. The Balaban J connectivity index is 2.64. The fourth-order valence-electron chi connectivity index (χ4n) is 1.93. The topological polar surface area (TPSA) is 0 Å². The number of hydrogen-bond donors (Lipinski definition) is 0. The molecule has 3 heteroatoms. The van der Waals surface area contributed by atoms with Crippen LogP contribution in [0.3, 0.4) is 0 Å². The molecule has 1 aliphatic heterocycles. The molecular formula is C14H16Cl2Te. The summed E-state index contributed by atoms with van der Waals surface area (Å²) in [7, 11) is 13.6. The number of benzene rings is 1. The molecule has 0 saturated carbocycles. The fraction of sp³-hybridized carbons (Fsp3) is 0.286. The summed E-state index contributed by atoms with van der Waals surface area (Å²) in [5.74, 6) is 0. The average molecular weight is 383 g/mol. The number of fused-ring (bicyclic) bond motifs is 1. The van der Waals surface area contributed by atoms with E-state index in [4.69, 9.17) is 17.9 Å². The molecule has 0 atom stereocenters. The molecule has 0 aromatic heterocycles. The van der Waals surface area contributed by atoms with Crippen LogP contribution < -0.4 is 3.61 Å². The molecule has 0 amide bonds. The van der Waals surface area contributed by atoms with Crippen molar-refractivity contribution in [2.75, 3.05) is 0 Å². The predicted octanol–water partition coefficient (Wildman–Crippen LogP) is 4.35. The molecule has 0 unspecified atom stereocenters. The summed E-state index contributed by atoms with van der Waals surface area (Å²) in [5.41, 5.74) is 1.18. The SMILES string of the molecule is CC(C)(C)C1=CC=Cc2ccccc2[Te]1(Cl)Cl.